The van der Waals surface area contributed by atoms with Gasteiger partial charge >= 0.3 is 150 Å². The molecule has 0 aliphatic rings. The quantitative estimate of drug-likeness (QED) is 0.554. The molecule has 0 spiro atoms. The van der Waals surface area contributed by atoms with Crippen molar-refractivity contribution in [3.8, 4) is 11.6 Å². The molecular formula is C19H25AsN2O2. The standard InChI is InChI=1S/C19H25AsN2O2/c1-13(2)8-9-20-11-15-4-6-17(14(3)10-15)24-18-7-5-16(12-22-18)19(21)23/h4-7,10,12-13,20H,8-9,11H2,1-3H3,(H2,21,23). The van der Waals surface area contributed by atoms with Gasteiger partial charge in [0.2, 0.25) is 0 Å². The van der Waals surface area contributed by atoms with Gasteiger partial charge in [0, 0.05) is 0 Å². The fourth-order valence-corrected chi connectivity index (χ4v) is 5.34. The summed E-state index contributed by atoms with van der Waals surface area (Å²) in [6.45, 7) is 6.61. The number of carbonyl (C=O) groups is 1. The van der Waals surface area contributed by atoms with Crippen LogP contribution in [-0.4, -0.2) is 26.6 Å². The van der Waals surface area contributed by atoms with Crippen LogP contribution in [-0.2, 0) is 5.21 Å². The predicted molar refractivity (Wildman–Crippen MR) is 99.1 cm³/mol. The Morgan fingerprint density at radius 3 is 2.67 bits per heavy atom. The van der Waals surface area contributed by atoms with E-state index in [2.05, 4.69) is 31.0 Å². The first kappa shape index (κ1) is 18.5. The van der Waals surface area contributed by atoms with Crippen molar-refractivity contribution in [1.29, 1.82) is 0 Å². The van der Waals surface area contributed by atoms with Gasteiger partial charge < -0.3 is 0 Å². The molecule has 0 fully saturated rings. The van der Waals surface area contributed by atoms with E-state index >= 15 is 0 Å². The van der Waals surface area contributed by atoms with Crippen LogP contribution < -0.4 is 10.5 Å². The molecule has 24 heavy (non-hydrogen) atoms. The van der Waals surface area contributed by atoms with E-state index in [4.69, 9.17) is 10.5 Å². The molecule has 0 saturated heterocycles. The summed E-state index contributed by atoms with van der Waals surface area (Å²) in [5.41, 5.74) is 8.07. The van der Waals surface area contributed by atoms with Crippen molar-refractivity contribution in [2.45, 2.75) is 37.6 Å². The first-order valence-corrected chi connectivity index (χ1v) is 11.2. The zero-order chi connectivity index (χ0) is 17.5. The number of pyridine rings is 1. The molecule has 2 N–H and O–H groups in total. The summed E-state index contributed by atoms with van der Waals surface area (Å²) < 4.78 is 5.80. The fraction of sp³-hybridized carbons (Fsp3) is 0.368. The molecule has 0 radical (unpaired) electrons. The molecule has 0 aliphatic heterocycles. The van der Waals surface area contributed by atoms with Crippen molar-refractivity contribution in [3.05, 3.63) is 53.2 Å². The van der Waals surface area contributed by atoms with E-state index in [1.807, 2.05) is 13.0 Å². The van der Waals surface area contributed by atoms with E-state index in [1.165, 1.54) is 28.6 Å². The molecule has 0 bridgehead atoms. The Balaban J connectivity index is 1.95. The molecule has 1 atom stereocenters. The third-order valence-electron chi connectivity index (χ3n) is 3.70. The minimum atomic E-state index is -0.490. The Labute approximate surface area is 150 Å². The van der Waals surface area contributed by atoms with Crippen LogP contribution in [0.15, 0.2) is 36.5 Å². The molecule has 5 heteroatoms. The number of nitrogens with two attached hydrogens (primary N) is 1. The van der Waals surface area contributed by atoms with Crippen LogP contribution in [0.3, 0.4) is 0 Å². The molecule has 1 heterocycles. The van der Waals surface area contributed by atoms with Gasteiger partial charge in [-0.3, -0.25) is 0 Å². The Hall–Kier alpha value is -1.80. The summed E-state index contributed by atoms with van der Waals surface area (Å²) in [5, 5.41) is 2.62. The minimum absolute atomic E-state index is 0.0997. The first-order valence-electron chi connectivity index (χ1n) is 8.19. The van der Waals surface area contributed by atoms with Crippen molar-refractivity contribution in [2.24, 2.45) is 11.7 Å². The molecule has 4 nitrogen and oxygen atoms in total. The predicted octanol–water partition coefficient (Wildman–Crippen LogP) is 3.68. The van der Waals surface area contributed by atoms with Gasteiger partial charge in [-0.05, 0) is 0 Å². The van der Waals surface area contributed by atoms with Gasteiger partial charge in [-0.25, -0.2) is 0 Å². The maximum absolute atomic E-state index is 11.1. The van der Waals surface area contributed by atoms with E-state index in [1.54, 1.807) is 12.1 Å². The number of ether oxygens (including phenoxy) is 1. The van der Waals surface area contributed by atoms with Crippen molar-refractivity contribution in [2.75, 3.05) is 0 Å². The second-order valence-electron chi connectivity index (χ2n) is 6.31. The van der Waals surface area contributed by atoms with Crippen LogP contribution >= 0.6 is 0 Å². The van der Waals surface area contributed by atoms with Gasteiger partial charge in [0.05, 0.1) is 0 Å². The molecular weight excluding hydrogens is 363 g/mol. The molecule has 1 amide bonds. The topological polar surface area (TPSA) is 65.2 Å². The van der Waals surface area contributed by atoms with Crippen LogP contribution in [0, 0.1) is 12.8 Å². The molecule has 1 aromatic heterocycles. The Morgan fingerprint density at radius 2 is 2.08 bits per heavy atom. The van der Waals surface area contributed by atoms with E-state index in [-0.39, 0.29) is 15.8 Å². The van der Waals surface area contributed by atoms with E-state index in [0.717, 1.165) is 17.2 Å². The van der Waals surface area contributed by atoms with Crippen LogP contribution in [0.25, 0.3) is 0 Å². The Morgan fingerprint density at radius 1 is 1.29 bits per heavy atom. The summed E-state index contributed by atoms with van der Waals surface area (Å²) in [6, 6.07) is 9.62. The molecule has 1 unspecified atom stereocenters. The molecule has 2 rings (SSSR count). The molecule has 0 saturated carbocycles. The molecule has 2 aromatic rings. The normalized spacial score (nSPS) is 11.3. The van der Waals surface area contributed by atoms with Crippen LogP contribution in [0.4, 0.5) is 0 Å². The third-order valence-corrected chi connectivity index (χ3v) is 6.43. The van der Waals surface area contributed by atoms with Crippen molar-refractivity contribution in [1.82, 2.24) is 4.98 Å². The number of aryl methyl sites for hydroxylation is 1. The van der Waals surface area contributed by atoms with E-state index in [0.29, 0.717) is 11.4 Å². The number of rotatable bonds is 8. The number of nitrogens with zero attached hydrogens (tertiary/aromatic N) is 1. The number of hydrogen-bond donors (Lipinski definition) is 1. The van der Waals surface area contributed by atoms with Gasteiger partial charge in [-0.1, -0.05) is 0 Å². The molecule has 128 valence electrons. The van der Waals surface area contributed by atoms with Crippen LogP contribution in [0.5, 0.6) is 11.6 Å². The molecule has 0 aliphatic carbocycles. The average molecular weight is 388 g/mol. The maximum atomic E-state index is 11.1. The van der Waals surface area contributed by atoms with Gasteiger partial charge in [0.1, 0.15) is 0 Å². The number of amides is 1. The first-order chi connectivity index (χ1) is 11.5. The Kier molecular flexibility index (Phi) is 6.86. The third kappa shape index (κ3) is 5.68. The zero-order valence-electron chi connectivity index (χ0n) is 14.5. The van der Waals surface area contributed by atoms with Crippen molar-refractivity contribution in [3.63, 3.8) is 0 Å². The zero-order valence-corrected chi connectivity index (χ0v) is 16.6. The van der Waals surface area contributed by atoms with Gasteiger partial charge in [-0.15, -0.1) is 0 Å². The summed E-state index contributed by atoms with van der Waals surface area (Å²) in [6.07, 6.45) is 2.77. The number of benzene rings is 1. The van der Waals surface area contributed by atoms with Gasteiger partial charge in [0.25, 0.3) is 0 Å². The van der Waals surface area contributed by atoms with Gasteiger partial charge in [0.15, 0.2) is 0 Å². The number of aromatic nitrogens is 1. The summed E-state index contributed by atoms with van der Waals surface area (Å²) >= 11 is 0.0997. The van der Waals surface area contributed by atoms with Gasteiger partial charge in [-0.2, -0.15) is 0 Å². The van der Waals surface area contributed by atoms with Crippen LogP contribution in [0.2, 0.25) is 5.21 Å². The molecule has 1 aromatic carbocycles. The number of carbonyl (C=O) groups excluding carboxylic acids is 1. The second kappa shape index (κ2) is 8.89. The number of primary amides is 1. The fourth-order valence-electron chi connectivity index (χ4n) is 2.26. The monoisotopic (exact) mass is 388 g/mol. The number of hydrogen-bond acceptors (Lipinski definition) is 3. The summed E-state index contributed by atoms with van der Waals surface area (Å²) in [4.78, 5) is 15.2. The second-order valence-corrected chi connectivity index (χ2v) is 9.15. The van der Waals surface area contributed by atoms with Crippen molar-refractivity contribution < 1.29 is 9.53 Å². The summed E-state index contributed by atoms with van der Waals surface area (Å²) in [7, 11) is 0. The van der Waals surface area contributed by atoms with Crippen molar-refractivity contribution >= 4 is 21.7 Å². The Bertz CT molecular complexity index is 684. The SMILES string of the molecule is Cc1cc(C[AsH]CCC(C)C)ccc1Oc1ccc(C(N)=O)cn1. The van der Waals surface area contributed by atoms with E-state index < -0.39 is 5.91 Å². The van der Waals surface area contributed by atoms with Crippen LogP contribution in [0.1, 0.15) is 41.8 Å². The summed E-state index contributed by atoms with van der Waals surface area (Å²) in [5.74, 6) is 1.57. The van der Waals surface area contributed by atoms with E-state index in [9.17, 15) is 4.79 Å². The average Bonchev–Trinajstić information content (AvgIpc) is 2.54.